The Balaban J connectivity index is 2.05. The van der Waals surface area contributed by atoms with Crippen LogP contribution >= 0.6 is 11.6 Å². The Kier molecular flexibility index (Phi) is 4.55. The number of hydrogen-bond acceptors (Lipinski definition) is 5. The molecule has 0 bridgehead atoms. The Morgan fingerprint density at radius 2 is 2.16 bits per heavy atom. The number of halogens is 1. The van der Waals surface area contributed by atoms with Crippen molar-refractivity contribution in [2.45, 2.75) is 31.8 Å². The minimum Gasteiger partial charge on any atom is -0.469 e. The third-order valence-electron chi connectivity index (χ3n) is 3.33. The molecule has 1 aromatic heterocycles. The first kappa shape index (κ1) is 14.0. The van der Waals surface area contributed by atoms with Crippen LogP contribution in [0.15, 0.2) is 12.3 Å². The number of pyridine rings is 1. The van der Waals surface area contributed by atoms with Crippen molar-refractivity contribution in [1.82, 2.24) is 4.98 Å². The molecule has 1 aromatic rings. The van der Waals surface area contributed by atoms with Crippen molar-refractivity contribution >= 4 is 17.3 Å². The summed E-state index contributed by atoms with van der Waals surface area (Å²) in [5, 5.41) is 20.2. The van der Waals surface area contributed by atoms with Crippen molar-refractivity contribution in [2.24, 2.45) is 5.92 Å². The summed E-state index contributed by atoms with van der Waals surface area (Å²) < 4.78 is 5.60. The van der Waals surface area contributed by atoms with E-state index in [1.807, 2.05) is 0 Å². The monoisotopic (exact) mass is 286 g/mol. The summed E-state index contributed by atoms with van der Waals surface area (Å²) in [5.74, 6) is 0.329. The van der Waals surface area contributed by atoms with E-state index in [4.69, 9.17) is 21.4 Å². The van der Waals surface area contributed by atoms with Gasteiger partial charge in [-0.1, -0.05) is 11.6 Å². The standard InChI is InChI=1S/C12H15ClN2O4/c13-9-5-11(15(17)18)12(14-6-9)19-10-3-1-8(7-16)2-4-10/h5-6,8,10,16H,1-4,7H2. The zero-order chi connectivity index (χ0) is 13.8. The predicted molar refractivity (Wildman–Crippen MR) is 69.4 cm³/mol. The van der Waals surface area contributed by atoms with Gasteiger partial charge in [-0.2, -0.15) is 0 Å². The SMILES string of the molecule is O=[N+]([O-])c1cc(Cl)cnc1OC1CCC(CO)CC1. The van der Waals surface area contributed by atoms with Gasteiger partial charge in [0.05, 0.1) is 16.1 Å². The van der Waals surface area contributed by atoms with Gasteiger partial charge in [-0.3, -0.25) is 10.1 Å². The first-order valence-corrected chi connectivity index (χ1v) is 6.55. The van der Waals surface area contributed by atoms with Crippen LogP contribution in [-0.4, -0.2) is 27.7 Å². The Morgan fingerprint density at radius 3 is 2.74 bits per heavy atom. The van der Waals surface area contributed by atoms with E-state index in [1.165, 1.54) is 12.3 Å². The van der Waals surface area contributed by atoms with E-state index in [2.05, 4.69) is 4.98 Å². The lowest BCUT2D eigenvalue weighted by Gasteiger charge is -2.27. The second-order valence-corrected chi connectivity index (χ2v) is 5.11. The van der Waals surface area contributed by atoms with Crippen LogP contribution in [0.25, 0.3) is 0 Å². The number of aliphatic hydroxyl groups excluding tert-OH is 1. The van der Waals surface area contributed by atoms with E-state index in [-0.39, 0.29) is 29.3 Å². The van der Waals surface area contributed by atoms with E-state index in [0.29, 0.717) is 5.92 Å². The predicted octanol–water partition coefficient (Wildman–Crippen LogP) is 2.57. The summed E-state index contributed by atoms with van der Waals surface area (Å²) in [6.07, 6.45) is 4.52. The molecule has 0 aromatic carbocycles. The molecule has 1 saturated carbocycles. The Hall–Kier alpha value is -1.40. The average molecular weight is 287 g/mol. The lowest BCUT2D eigenvalue weighted by atomic mass is 9.88. The summed E-state index contributed by atoms with van der Waals surface area (Å²) in [5.41, 5.74) is -0.211. The Morgan fingerprint density at radius 1 is 1.47 bits per heavy atom. The highest BCUT2D eigenvalue weighted by Gasteiger charge is 2.25. The van der Waals surface area contributed by atoms with Gasteiger partial charge in [0.2, 0.25) is 0 Å². The first-order chi connectivity index (χ1) is 9.10. The van der Waals surface area contributed by atoms with Gasteiger partial charge >= 0.3 is 5.69 Å². The number of hydrogen-bond donors (Lipinski definition) is 1. The van der Waals surface area contributed by atoms with Gasteiger partial charge in [0.15, 0.2) is 0 Å². The number of rotatable bonds is 4. The Bertz CT molecular complexity index is 461. The molecule has 1 fully saturated rings. The average Bonchev–Trinajstić information content (AvgIpc) is 2.41. The van der Waals surface area contributed by atoms with E-state index in [9.17, 15) is 10.1 Å². The number of aromatic nitrogens is 1. The molecule has 1 N–H and O–H groups in total. The lowest BCUT2D eigenvalue weighted by molar-refractivity contribution is -0.386. The van der Waals surface area contributed by atoms with Gasteiger partial charge in [0.1, 0.15) is 6.10 Å². The summed E-state index contributed by atoms with van der Waals surface area (Å²) in [4.78, 5) is 14.2. The van der Waals surface area contributed by atoms with Crippen LogP contribution in [0.3, 0.4) is 0 Å². The van der Waals surface area contributed by atoms with Crippen molar-refractivity contribution in [3.63, 3.8) is 0 Å². The molecule has 0 unspecified atom stereocenters. The zero-order valence-corrected chi connectivity index (χ0v) is 11.0. The van der Waals surface area contributed by atoms with E-state index in [0.717, 1.165) is 25.7 Å². The zero-order valence-electron chi connectivity index (χ0n) is 10.3. The van der Waals surface area contributed by atoms with E-state index in [1.54, 1.807) is 0 Å². The van der Waals surface area contributed by atoms with Gasteiger partial charge < -0.3 is 9.84 Å². The molecule has 0 atom stereocenters. The molecule has 0 amide bonds. The molecule has 0 radical (unpaired) electrons. The fraction of sp³-hybridized carbons (Fsp3) is 0.583. The number of aliphatic hydroxyl groups is 1. The quantitative estimate of drug-likeness (QED) is 0.679. The van der Waals surface area contributed by atoms with Crippen LogP contribution in [0.5, 0.6) is 5.88 Å². The molecular formula is C12H15ClN2O4. The molecule has 104 valence electrons. The summed E-state index contributed by atoms with van der Waals surface area (Å²) in [6, 6.07) is 1.24. The van der Waals surface area contributed by atoms with Crippen LogP contribution in [-0.2, 0) is 0 Å². The molecule has 0 aliphatic heterocycles. The van der Waals surface area contributed by atoms with Gasteiger partial charge in [0, 0.05) is 12.7 Å². The molecule has 2 rings (SSSR count). The molecule has 1 heterocycles. The normalized spacial score (nSPS) is 23.1. The van der Waals surface area contributed by atoms with Gasteiger partial charge in [-0.25, -0.2) is 4.98 Å². The van der Waals surface area contributed by atoms with Crippen molar-refractivity contribution in [3.8, 4) is 5.88 Å². The smallest absolute Gasteiger partial charge is 0.332 e. The number of nitrogens with zero attached hydrogens (tertiary/aromatic N) is 2. The molecule has 1 aliphatic rings. The molecule has 0 spiro atoms. The van der Waals surface area contributed by atoms with Crippen molar-refractivity contribution < 1.29 is 14.8 Å². The third-order valence-corrected chi connectivity index (χ3v) is 3.53. The van der Waals surface area contributed by atoms with Crippen LogP contribution in [0.2, 0.25) is 5.02 Å². The second kappa shape index (κ2) is 6.16. The largest absolute Gasteiger partial charge is 0.469 e. The van der Waals surface area contributed by atoms with Crippen LogP contribution < -0.4 is 4.74 Å². The fourth-order valence-electron chi connectivity index (χ4n) is 2.23. The molecular weight excluding hydrogens is 272 g/mol. The van der Waals surface area contributed by atoms with Gasteiger partial charge in [-0.15, -0.1) is 0 Å². The minimum atomic E-state index is -0.548. The summed E-state index contributed by atoms with van der Waals surface area (Å²) in [7, 11) is 0. The van der Waals surface area contributed by atoms with Crippen LogP contribution in [0.1, 0.15) is 25.7 Å². The minimum absolute atomic E-state index is 0.0156. The first-order valence-electron chi connectivity index (χ1n) is 6.17. The highest BCUT2D eigenvalue weighted by Crippen LogP contribution is 2.32. The van der Waals surface area contributed by atoms with E-state index < -0.39 is 4.92 Å². The van der Waals surface area contributed by atoms with Crippen molar-refractivity contribution in [1.29, 1.82) is 0 Å². The third kappa shape index (κ3) is 3.54. The molecule has 6 nitrogen and oxygen atoms in total. The van der Waals surface area contributed by atoms with Crippen molar-refractivity contribution in [3.05, 3.63) is 27.4 Å². The highest BCUT2D eigenvalue weighted by atomic mass is 35.5. The molecule has 7 heteroatoms. The van der Waals surface area contributed by atoms with Gasteiger partial charge in [-0.05, 0) is 31.6 Å². The topological polar surface area (TPSA) is 85.5 Å². The number of nitro groups is 1. The molecule has 1 aliphatic carbocycles. The number of ether oxygens (including phenoxy) is 1. The fourth-order valence-corrected chi connectivity index (χ4v) is 2.38. The van der Waals surface area contributed by atoms with Crippen LogP contribution in [0, 0.1) is 16.0 Å². The second-order valence-electron chi connectivity index (χ2n) is 4.68. The van der Waals surface area contributed by atoms with Crippen molar-refractivity contribution in [2.75, 3.05) is 6.61 Å². The highest BCUT2D eigenvalue weighted by molar-refractivity contribution is 6.30. The molecule has 0 saturated heterocycles. The Labute approximate surface area is 115 Å². The summed E-state index contributed by atoms with van der Waals surface area (Å²) >= 11 is 5.69. The van der Waals surface area contributed by atoms with E-state index >= 15 is 0 Å². The lowest BCUT2D eigenvalue weighted by Crippen LogP contribution is -2.26. The summed E-state index contributed by atoms with van der Waals surface area (Å²) in [6.45, 7) is 0.187. The maximum absolute atomic E-state index is 10.9. The van der Waals surface area contributed by atoms with Gasteiger partial charge in [0.25, 0.3) is 5.88 Å². The molecule has 19 heavy (non-hydrogen) atoms. The maximum Gasteiger partial charge on any atom is 0.332 e. The maximum atomic E-state index is 10.9. The van der Waals surface area contributed by atoms with Crippen LogP contribution in [0.4, 0.5) is 5.69 Å².